The van der Waals surface area contributed by atoms with Crippen LogP contribution >= 0.6 is 0 Å². The minimum absolute atomic E-state index is 0.000365. The highest BCUT2D eigenvalue weighted by Gasteiger charge is 2.22. The van der Waals surface area contributed by atoms with Crippen LogP contribution in [0, 0.1) is 5.92 Å². The number of ether oxygens (including phenoxy) is 1. The topological polar surface area (TPSA) is 79.9 Å². The van der Waals surface area contributed by atoms with Crippen LogP contribution in [0.1, 0.15) is 12.2 Å². The lowest BCUT2D eigenvalue weighted by Crippen LogP contribution is -2.32. The van der Waals surface area contributed by atoms with Gasteiger partial charge >= 0.3 is 0 Å². The Hall–Kier alpha value is -2.21. The molecular formula is C15H18N4O2. The smallest absolute Gasteiger partial charge is 0.225 e. The normalized spacial score (nSPS) is 17.8. The van der Waals surface area contributed by atoms with E-state index in [0.29, 0.717) is 32.0 Å². The molecule has 1 fully saturated rings. The van der Waals surface area contributed by atoms with Gasteiger partial charge in [0.05, 0.1) is 12.5 Å². The Morgan fingerprint density at radius 1 is 1.38 bits per heavy atom. The van der Waals surface area contributed by atoms with Crippen LogP contribution in [-0.2, 0) is 16.0 Å². The van der Waals surface area contributed by atoms with Crippen LogP contribution in [0.5, 0.6) is 0 Å². The van der Waals surface area contributed by atoms with Crippen LogP contribution < -0.4 is 5.32 Å². The fourth-order valence-electron chi connectivity index (χ4n) is 2.31. The minimum Gasteiger partial charge on any atom is -0.381 e. The number of amides is 1. The van der Waals surface area contributed by atoms with E-state index in [2.05, 4.69) is 20.5 Å². The Bertz CT molecular complexity index is 591. The van der Waals surface area contributed by atoms with Gasteiger partial charge in [-0.05, 0) is 6.42 Å². The zero-order valence-electron chi connectivity index (χ0n) is 11.7. The summed E-state index contributed by atoms with van der Waals surface area (Å²) in [5, 5.41) is 10.0. The van der Waals surface area contributed by atoms with Crippen LogP contribution in [0.4, 0.5) is 0 Å². The summed E-state index contributed by atoms with van der Waals surface area (Å²) in [6.07, 6.45) is 1.45. The molecule has 0 spiro atoms. The first kappa shape index (κ1) is 13.8. The zero-order valence-corrected chi connectivity index (χ0v) is 11.7. The molecule has 0 bridgehead atoms. The van der Waals surface area contributed by atoms with E-state index in [4.69, 9.17) is 4.74 Å². The van der Waals surface area contributed by atoms with E-state index in [9.17, 15) is 4.79 Å². The zero-order chi connectivity index (χ0) is 14.5. The maximum atomic E-state index is 11.8. The molecule has 6 nitrogen and oxygen atoms in total. The molecule has 1 amide bonds. The van der Waals surface area contributed by atoms with Crippen LogP contribution in [0.25, 0.3) is 11.4 Å². The Morgan fingerprint density at radius 3 is 3.00 bits per heavy atom. The number of H-pyrrole nitrogens is 1. The van der Waals surface area contributed by atoms with E-state index in [0.717, 1.165) is 17.8 Å². The number of carbonyl (C=O) groups is 1. The second kappa shape index (κ2) is 6.49. The van der Waals surface area contributed by atoms with Crippen molar-refractivity contribution in [3.8, 4) is 11.4 Å². The molecule has 1 atom stereocenters. The quantitative estimate of drug-likeness (QED) is 0.864. The third kappa shape index (κ3) is 3.46. The fraction of sp³-hybridized carbons (Fsp3) is 0.400. The van der Waals surface area contributed by atoms with Gasteiger partial charge in [0.25, 0.3) is 0 Å². The van der Waals surface area contributed by atoms with Crippen molar-refractivity contribution in [3.63, 3.8) is 0 Å². The van der Waals surface area contributed by atoms with Crippen LogP contribution in [0.2, 0.25) is 0 Å². The Labute approximate surface area is 122 Å². The molecular weight excluding hydrogens is 268 g/mol. The lowest BCUT2D eigenvalue weighted by Gasteiger charge is -2.07. The lowest BCUT2D eigenvalue weighted by molar-refractivity contribution is -0.124. The molecule has 1 aromatic carbocycles. The predicted molar refractivity (Wildman–Crippen MR) is 77.5 cm³/mol. The minimum atomic E-state index is -0.000365. The van der Waals surface area contributed by atoms with Gasteiger partial charge in [-0.15, -0.1) is 0 Å². The third-order valence-corrected chi connectivity index (χ3v) is 3.53. The van der Waals surface area contributed by atoms with Gasteiger partial charge in [-0.1, -0.05) is 30.3 Å². The maximum absolute atomic E-state index is 11.8. The number of carbonyl (C=O) groups excluding carboxylic acids is 1. The van der Waals surface area contributed by atoms with Gasteiger partial charge in [-0.3, -0.25) is 9.89 Å². The lowest BCUT2D eigenvalue weighted by atomic mass is 10.1. The number of aromatic amines is 1. The third-order valence-electron chi connectivity index (χ3n) is 3.53. The molecule has 6 heteroatoms. The van der Waals surface area contributed by atoms with Crippen molar-refractivity contribution < 1.29 is 9.53 Å². The van der Waals surface area contributed by atoms with Crippen molar-refractivity contribution in [1.29, 1.82) is 0 Å². The fourth-order valence-corrected chi connectivity index (χ4v) is 2.31. The van der Waals surface area contributed by atoms with E-state index in [-0.39, 0.29) is 11.8 Å². The van der Waals surface area contributed by atoms with Crippen molar-refractivity contribution in [2.75, 3.05) is 19.8 Å². The van der Waals surface area contributed by atoms with Crippen molar-refractivity contribution in [3.05, 3.63) is 36.2 Å². The summed E-state index contributed by atoms with van der Waals surface area (Å²) in [5.41, 5.74) is 0.979. The summed E-state index contributed by atoms with van der Waals surface area (Å²) >= 11 is 0. The van der Waals surface area contributed by atoms with Crippen LogP contribution in [-0.4, -0.2) is 40.8 Å². The van der Waals surface area contributed by atoms with Crippen molar-refractivity contribution in [2.45, 2.75) is 12.8 Å². The second-order valence-electron chi connectivity index (χ2n) is 5.07. The molecule has 1 saturated heterocycles. The maximum Gasteiger partial charge on any atom is 0.225 e. The van der Waals surface area contributed by atoms with Gasteiger partial charge in [0.1, 0.15) is 5.82 Å². The molecule has 0 saturated carbocycles. The summed E-state index contributed by atoms with van der Waals surface area (Å²) < 4.78 is 5.21. The molecule has 3 rings (SSSR count). The van der Waals surface area contributed by atoms with E-state index >= 15 is 0 Å². The number of hydrogen-bond acceptors (Lipinski definition) is 4. The molecule has 0 radical (unpaired) electrons. The first-order chi connectivity index (χ1) is 10.3. The molecule has 2 aromatic rings. The van der Waals surface area contributed by atoms with E-state index in [1.807, 2.05) is 30.3 Å². The first-order valence-corrected chi connectivity index (χ1v) is 7.15. The van der Waals surface area contributed by atoms with Gasteiger partial charge in [-0.25, -0.2) is 4.98 Å². The van der Waals surface area contributed by atoms with Gasteiger partial charge in [0.15, 0.2) is 5.82 Å². The molecule has 1 aliphatic rings. The molecule has 2 heterocycles. The Morgan fingerprint density at radius 2 is 2.24 bits per heavy atom. The summed E-state index contributed by atoms with van der Waals surface area (Å²) in [6, 6.07) is 9.80. The molecule has 0 unspecified atom stereocenters. The number of benzene rings is 1. The number of nitrogens with zero attached hydrogens (tertiary/aromatic N) is 2. The number of hydrogen-bond donors (Lipinski definition) is 2. The molecule has 21 heavy (non-hydrogen) atoms. The second-order valence-corrected chi connectivity index (χ2v) is 5.07. The summed E-state index contributed by atoms with van der Waals surface area (Å²) in [6.45, 7) is 1.77. The largest absolute Gasteiger partial charge is 0.381 e. The Kier molecular flexibility index (Phi) is 4.25. The SMILES string of the molecule is O=C(NCCc1nc(-c2ccccc2)n[nH]1)[C@H]1CCOC1. The standard InChI is InChI=1S/C15H18N4O2/c20-15(12-7-9-21-10-12)16-8-6-13-17-14(19-18-13)11-4-2-1-3-5-11/h1-5,12H,6-10H2,(H,16,20)(H,17,18,19)/t12-/m0/s1. The van der Waals surface area contributed by atoms with Crippen molar-refractivity contribution >= 4 is 5.91 Å². The van der Waals surface area contributed by atoms with Crippen LogP contribution in [0.15, 0.2) is 30.3 Å². The molecule has 110 valence electrons. The molecule has 2 N–H and O–H groups in total. The Balaban J connectivity index is 1.50. The van der Waals surface area contributed by atoms with E-state index < -0.39 is 0 Å². The highest BCUT2D eigenvalue weighted by Crippen LogP contribution is 2.14. The number of rotatable bonds is 5. The highest BCUT2D eigenvalue weighted by atomic mass is 16.5. The summed E-state index contributed by atoms with van der Waals surface area (Å²) in [4.78, 5) is 16.3. The van der Waals surface area contributed by atoms with Crippen molar-refractivity contribution in [1.82, 2.24) is 20.5 Å². The average molecular weight is 286 g/mol. The van der Waals surface area contributed by atoms with E-state index in [1.165, 1.54) is 0 Å². The predicted octanol–water partition coefficient (Wildman–Crippen LogP) is 1.17. The number of nitrogens with one attached hydrogen (secondary N) is 2. The summed E-state index contributed by atoms with van der Waals surface area (Å²) in [7, 11) is 0. The molecule has 0 aliphatic carbocycles. The van der Waals surface area contributed by atoms with Gasteiger partial charge in [0, 0.05) is 25.1 Å². The average Bonchev–Trinajstić information content (AvgIpc) is 3.20. The van der Waals surface area contributed by atoms with Gasteiger partial charge in [-0.2, -0.15) is 5.10 Å². The monoisotopic (exact) mass is 286 g/mol. The summed E-state index contributed by atoms with van der Waals surface area (Å²) in [5.74, 6) is 1.52. The highest BCUT2D eigenvalue weighted by molar-refractivity contribution is 5.78. The van der Waals surface area contributed by atoms with Crippen LogP contribution in [0.3, 0.4) is 0 Å². The molecule has 1 aromatic heterocycles. The van der Waals surface area contributed by atoms with Gasteiger partial charge in [0.2, 0.25) is 5.91 Å². The van der Waals surface area contributed by atoms with E-state index in [1.54, 1.807) is 0 Å². The molecule has 1 aliphatic heterocycles. The van der Waals surface area contributed by atoms with Gasteiger partial charge < -0.3 is 10.1 Å². The number of aromatic nitrogens is 3. The van der Waals surface area contributed by atoms with Crippen molar-refractivity contribution in [2.24, 2.45) is 5.92 Å². The first-order valence-electron chi connectivity index (χ1n) is 7.15.